The van der Waals surface area contributed by atoms with E-state index in [1.54, 1.807) is 31.2 Å². The lowest BCUT2D eigenvalue weighted by molar-refractivity contribution is -0.384. The molecule has 0 unspecified atom stereocenters. The highest BCUT2D eigenvalue weighted by Crippen LogP contribution is 2.17. The van der Waals surface area contributed by atoms with Crippen molar-refractivity contribution in [3.8, 4) is 0 Å². The Hall–Kier alpha value is -3.75. The SMILES string of the molecule is C/C(CC(=O)Nc1cccc([N+](=O)[O-])c1)=N/NC(=O)c1ccccc1N. The number of nitrogen functional groups attached to an aromatic ring is 1. The topological polar surface area (TPSA) is 140 Å². The van der Waals surface area contributed by atoms with E-state index in [0.717, 1.165) is 0 Å². The second-order valence-electron chi connectivity index (χ2n) is 5.41. The number of nitrogens with two attached hydrogens (primary N) is 1. The van der Waals surface area contributed by atoms with E-state index >= 15 is 0 Å². The minimum absolute atomic E-state index is 0.0900. The summed E-state index contributed by atoms with van der Waals surface area (Å²) in [6.45, 7) is 1.57. The van der Waals surface area contributed by atoms with Gasteiger partial charge in [0.25, 0.3) is 11.6 Å². The van der Waals surface area contributed by atoms with E-state index in [2.05, 4.69) is 15.8 Å². The van der Waals surface area contributed by atoms with Gasteiger partial charge in [0.1, 0.15) is 0 Å². The predicted molar refractivity (Wildman–Crippen MR) is 97.8 cm³/mol. The van der Waals surface area contributed by atoms with Crippen LogP contribution in [0.25, 0.3) is 0 Å². The molecule has 2 rings (SSSR count). The van der Waals surface area contributed by atoms with Crippen molar-refractivity contribution in [1.82, 2.24) is 5.43 Å². The lowest BCUT2D eigenvalue weighted by atomic mass is 10.2. The molecular weight excluding hydrogens is 338 g/mol. The van der Waals surface area contributed by atoms with Gasteiger partial charge in [-0.05, 0) is 25.1 Å². The van der Waals surface area contributed by atoms with Crippen LogP contribution in [0.4, 0.5) is 17.1 Å². The van der Waals surface area contributed by atoms with Crippen molar-refractivity contribution in [3.63, 3.8) is 0 Å². The molecule has 0 heterocycles. The fourth-order valence-corrected chi connectivity index (χ4v) is 2.08. The summed E-state index contributed by atoms with van der Waals surface area (Å²) in [5.74, 6) is -0.901. The summed E-state index contributed by atoms with van der Waals surface area (Å²) in [6.07, 6.45) is -0.0900. The highest BCUT2D eigenvalue weighted by molar-refractivity contribution is 6.06. The number of amides is 2. The molecule has 0 aliphatic carbocycles. The van der Waals surface area contributed by atoms with E-state index in [-0.39, 0.29) is 17.7 Å². The van der Waals surface area contributed by atoms with Crippen LogP contribution < -0.4 is 16.5 Å². The predicted octanol–water partition coefficient (Wildman–Crippen LogP) is 2.31. The van der Waals surface area contributed by atoms with Gasteiger partial charge in [-0.2, -0.15) is 5.10 Å². The number of hydrogen-bond acceptors (Lipinski definition) is 6. The molecule has 0 atom stereocenters. The molecule has 2 aromatic rings. The first-order chi connectivity index (χ1) is 12.4. The summed E-state index contributed by atoms with van der Waals surface area (Å²) < 4.78 is 0. The Kier molecular flexibility index (Phi) is 5.99. The molecule has 9 heteroatoms. The van der Waals surface area contributed by atoms with E-state index in [4.69, 9.17) is 5.73 Å². The summed E-state index contributed by atoms with van der Waals surface area (Å²) in [5, 5.41) is 17.1. The van der Waals surface area contributed by atoms with Crippen molar-refractivity contribution in [2.75, 3.05) is 11.1 Å². The van der Waals surface area contributed by atoms with Gasteiger partial charge in [0.2, 0.25) is 5.91 Å². The molecule has 0 radical (unpaired) electrons. The maximum absolute atomic E-state index is 12.0. The summed E-state index contributed by atoms with van der Waals surface area (Å²) >= 11 is 0. The van der Waals surface area contributed by atoms with Crippen molar-refractivity contribution in [2.24, 2.45) is 5.10 Å². The van der Waals surface area contributed by atoms with E-state index in [0.29, 0.717) is 17.1 Å². The number of non-ortho nitro benzene ring substituents is 1. The molecule has 0 aromatic heterocycles. The van der Waals surface area contributed by atoms with Gasteiger partial charge in [-0.15, -0.1) is 0 Å². The Bertz CT molecular complexity index is 879. The van der Waals surface area contributed by atoms with Gasteiger partial charge >= 0.3 is 0 Å². The van der Waals surface area contributed by atoms with E-state index in [1.165, 1.54) is 24.3 Å². The molecule has 0 bridgehead atoms. The number of carbonyl (C=O) groups excluding carboxylic acids is 2. The average molecular weight is 355 g/mol. The van der Waals surface area contributed by atoms with Crippen LogP contribution in [0.5, 0.6) is 0 Å². The maximum Gasteiger partial charge on any atom is 0.273 e. The first kappa shape index (κ1) is 18.6. The van der Waals surface area contributed by atoms with Crippen LogP contribution >= 0.6 is 0 Å². The van der Waals surface area contributed by atoms with E-state index in [1.807, 2.05) is 0 Å². The maximum atomic E-state index is 12.0. The number of hydrazone groups is 1. The smallest absolute Gasteiger partial charge is 0.273 e. The molecule has 0 aliphatic heterocycles. The third kappa shape index (κ3) is 5.13. The van der Waals surface area contributed by atoms with Crippen LogP contribution in [-0.2, 0) is 4.79 Å². The standard InChI is InChI=1S/C17H17N5O4/c1-11(20-21-17(24)14-7-2-3-8-15(14)18)9-16(23)19-12-5-4-6-13(10-12)22(25)26/h2-8,10H,9,18H2,1H3,(H,19,23)(H,21,24)/b20-11-. The molecule has 26 heavy (non-hydrogen) atoms. The molecule has 0 spiro atoms. The first-order valence-electron chi connectivity index (χ1n) is 7.59. The zero-order chi connectivity index (χ0) is 19.1. The largest absolute Gasteiger partial charge is 0.398 e. The number of nitro groups is 1. The Morgan fingerprint density at radius 3 is 2.62 bits per heavy atom. The number of nitro benzene ring substituents is 1. The molecule has 0 aliphatic rings. The zero-order valence-electron chi connectivity index (χ0n) is 13.9. The van der Waals surface area contributed by atoms with E-state index < -0.39 is 16.7 Å². The number of anilines is 2. The van der Waals surface area contributed by atoms with Gasteiger partial charge in [0, 0.05) is 29.2 Å². The van der Waals surface area contributed by atoms with Crippen LogP contribution in [0.1, 0.15) is 23.7 Å². The van der Waals surface area contributed by atoms with Crippen LogP contribution in [0.2, 0.25) is 0 Å². The molecule has 134 valence electrons. The van der Waals surface area contributed by atoms with Crippen molar-refractivity contribution < 1.29 is 14.5 Å². The minimum Gasteiger partial charge on any atom is -0.398 e. The quantitative estimate of drug-likeness (QED) is 0.316. The van der Waals surface area contributed by atoms with Gasteiger partial charge in [-0.3, -0.25) is 19.7 Å². The average Bonchev–Trinajstić information content (AvgIpc) is 2.60. The number of carbonyl (C=O) groups is 2. The fourth-order valence-electron chi connectivity index (χ4n) is 2.08. The number of hydrogen-bond donors (Lipinski definition) is 3. The van der Waals surface area contributed by atoms with Crippen LogP contribution in [-0.4, -0.2) is 22.4 Å². The molecule has 0 saturated heterocycles. The lowest BCUT2D eigenvalue weighted by Gasteiger charge is -2.06. The number of benzene rings is 2. The Labute approximate surface area is 149 Å². The summed E-state index contributed by atoms with van der Waals surface area (Å²) in [4.78, 5) is 34.1. The first-order valence-corrected chi connectivity index (χ1v) is 7.59. The zero-order valence-corrected chi connectivity index (χ0v) is 13.9. The Morgan fingerprint density at radius 2 is 1.92 bits per heavy atom. The second-order valence-corrected chi connectivity index (χ2v) is 5.41. The molecule has 0 saturated carbocycles. The summed E-state index contributed by atoms with van der Waals surface area (Å²) in [7, 11) is 0. The monoisotopic (exact) mass is 355 g/mol. The van der Waals surface area contributed by atoms with Gasteiger partial charge in [0.05, 0.1) is 16.9 Å². The number of rotatable bonds is 6. The summed E-state index contributed by atoms with van der Waals surface area (Å²) in [5.41, 5.74) is 9.18. The molecule has 4 N–H and O–H groups in total. The van der Waals surface area contributed by atoms with Crippen molar-refractivity contribution in [3.05, 3.63) is 64.2 Å². The van der Waals surface area contributed by atoms with Gasteiger partial charge in [-0.25, -0.2) is 5.43 Å². The number of para-hydroxylation sites is 1. The normalized spacial score (nSPS) is 10.9. The van der Waals surface area contributed by atoms with Crippen molar-refractivity contribution in [2.45, 2.75) is 13.3 Å². The summed E-state index contributed by atoms with van der Waals surface area (Å²) in [6, 6.07) is 12.1. The van der Waals surface area contributed by atoms with E-state index in [9.17, 15) is 19.7 Å². The molecule has 0 fully saturated rings. The highest BCUT2D eigenvalue weighted by Gasteiger charge is 2.11. The van der Waals surface area contributed by atoms with Crippen LogP contribution in [0.3, 0.4) is 0 Å². The van der Waals surface area contributed by atoms with Crippen molar-refractivity contribution >= 4 is 34.6 Å². The molecule has 2 amide bonds. The van der Waals surface area contributed by atoms with Crippen molar-refractivity contribution in [1.29, 1.82) is 0 Å². The molecule has 9 nitrogen and oxygen atoms in total. The lowest BCUT2D eigenvalue weighted by Crippen LogP contribution is -2.22. The van der Waals surface area contributed by atoms with Gasteiger partial charge < -0.3 is 11.1 Å². The Morgan fingerprint density at radius 1 is 1.19 bits per heavy atom. The highest BCUT2D eigenvalue weighted by atomic mass is 16.6. The molecular formula is C17H17N5O4. The second kappa shape index (κ2) is 8.38. The number of nitrogens with zero attached hydrogens (tertiary/aromatic N) is 2. The minimum atomic E-state index is -0.548. The Balaban J connectivity index is 1.93. The van der Waals surface area contributed by atoms with Crippen LogP contribution in [0, 0.1) is 10.1 Å². The third-order valence-corrected chi connectivity index (χ3v) is 3.31. The van der Waals surface area contributed by atoms with Crippen LogP contribution in [0.15, 0.2) is 53.6 Å². The van der Waals surface area contributed by atoms with Gasteiger partial charge in [0.15, 0.2) is 0 Å². The van der Waals surface area contributed by atoms with Gasteiger partial charge in [-0.1, -0.05) is 18.2 Å². The molecule has 2 aromatic carbocycles. The fraction of sp³-hybridized carbons (Fsp3) is 0.118. The third-order valence-electron chi connectivity index (χ3n) is 3.31. The number of nitrogens with one attached hydrogen (secondary N) is 2.